The minimum absolute atomic E-state index is 0.0404. The Morgan fingerprint density at radius 3 is 2.52 bits per heavy atom. The maximum atomic E-state index is 12.5. The van der Waals surface area contributed by atoms with Crippen molar-refractivity contribution in [2.75, 3.05) is 5.32 Å². The molecule has 25 heavy (non-hydrogen) atoms. The van der Waals surface area contributed by atoms with Gasteiger partial charge in [0.05, 0.1) is 12.6 Å². The van der Waals surface area contributed by atoms with Crippen LogP contribution in [0.1, 0.15) is 31.2 Å². The second kappa shape index (κ2) is 7.98. The molecule has 0 atom stereocenters. The Morgan fingerprint density at radius 1 is 1.08 bits per heavy atom. The number of amides is 2. The van der Waals surface area contributed by atoms with Crippen LogP contribution in [0, 0.1) is 0 Å². The summed E-state index contributed by atoms with van der Waals surface area (Å²) in [6, 6.07) is 12.7. The van der Waals surface area contributed by atoms with Crippen LogP contribution in [0.2, 0.25) is 0 Å². The monoisotopic (exact) mass is 341 g/mol. The average molecular weight is 341 g/mol. The highest BCUT2D eigenvalue weighted by Gasteiger charge is 2.21. The van der Waals surface area contributed by atoms with Gasteiger partial charge in [0.15, 0.2) is 0 Å². The topological polar surface area (TPSA) is 83.4 Å². The smallest absolute Gasteiger partial charge is 0.319 e. The van der Waals surface area contributed by atoms with Crippen LogP contribution >= 0.6 is 0 Å². The Bertz CT molecular complexity index is 765. The van der Waals surface area contributed by atoms with Crippen LogP contribution in [0.3, 0.4) is 0 Å². The lowest BCUT2D eigenvalue weighted by Crippen LogP contribution is -2.41. The molecule has 3 rings (SSSR count). The number of aliphatic hydroxyl groups excluding tert-OH is 1. The van der Waals surface area contributed by atoms with Crippen molar-refractivity contribution in [1.29, 1.82) is 0 Å². The fourth-order valence-electron chi connectivity index (χ4n) is 3.10. The van der Waals surface area contributed by atoms with Gasteiger partial charge in [0.25, 0.3) is 5.56 Å². The number of pyridine rings is 1. The van der Waals surface area contributed by atoms with Gasteiger partial charge in [0.2, 0.25) is 0 Å². The number of aliphatic hydroxyl groups is 1. The fraction of sp³-hybridized carbons (Fsp3) is 0.368. The van der Waals surface area contributed by atoms with Crippen molar-refractivity contribution in [2.24, 2.45) is 0 Å². The number of benzene rings is 1. The van der Waals surface area contributed by atoms with Crippen LogP contribution in [-0.2, 0) is 6.54 Å². The van der Waals surface area contributed by atoms with Gasteiger partial charge in [-0.05, 0) is 43.4 Å². The summed E-state index contributed by atoms with van der Waals surface area (Å²) in [5, 5.41) is 15.0. The molecule has 3 N–H and O–H groups in total. The number of hydrogen-bond acceptors (Lipinski definition) is 3. The molecule has 1 fully saturated rings. The van der Waals surface area contributed by atoms with E-state index in [1.165, 1.54) is 0 Å². The molecule has 1 aromatic heterocycles. The Kier molecular flexibility index (Phi) is 5.50. The predicted octanol–water partition coefficient (Wildman–Crippen LogP) is 2.32. The van der Waals surface area contributed by atoms with Crippen molar-refractivity contribution in [3.05, 3.63) is 64.6 Å². The van der Waals surface area contributed by atoms with Gasteiger partial charge in [0, 0.05) is 12.2 Å². The van der Waals surface area contributed by atoms with Gasteiger partial charge in [-0.25, -0.2) is 4.79 Å². The van der Waals surface area contributed by atoms with Crippen molar-refractivity contribution in [3.63, 3.8) is 0 Å². The summed E-state index contributed by atoms with van der Waals surface area (Å²) in [7, 11) is 0. The minimum Gasteiger partial charge on any atom is -0.393 e. The van der Waals surface area contributed by atoms with Crippen molar-refractivity contribution < 1.29 is 9.90 Å². The molecule has 132 valence electrons. The highest BCUT2D eigenvalue weighted by atomic mass is 16.3. The number of carbonyl (C=O) groups is 1. The lowest BCUT2D eigenvalue weighted by Gasteiger charge is -2.26. The van der Waals surface area contributed by atoms with Gasteiger partial charge in [-0.3, -0.25) is 4.79 Å². The number of nitrogens with one attached hydrogen (secondary N) is 2. The first-order valence-electron chi connectivity index (χ1n) is 8.61. The summed E-state index contributed by atoms with van der Waals surface area (Å²) in [6.45, 7) is 0.456. The molecule has 0 aliphatic heterocycles. The zero-order valence-electron chi connectivity index (χ0n) is 14.0. The van der Waals surface area contributed by atoms with Gasteiger partial charge in [-0.2, -0.15) is 0 Å². The molecular weight excluding hydrogens is 318 g/mol. The van der Waals surface area contributed by atoms with Crippen LogP contribution in [-0.4, -0.2) is 27.9 Å². The number of carbonyl (C=O) groups excluding carboxylic acids is 1. The second-order valence-electron chi connectivity index (χ2n) is 6.44. The van der Waals surface area contributed by atoms with E-state index in [-0.39, 0.29) is 29.4 Å². The molecule has 0 unspecified atom stereocenters. The van der Waals surface area contributed by atoms with E-state index in [1.54, 1.807) is 22.9 Å². The summed E-state index contributed by atoms with van der Waals surface area (Å²) >= 11 is 0. The highest BCUT2D eigenvalue weighted by molar-refractivity contribution is 5.89. The Labute approximate surface area is 146 Å². The van der Waals surface area contributed by atoms with E-state index in [9.17, 15) is 14.7 Å². The van der Waals surface area contributed by atoms with Crippen LogP contribution in [0.4, 0.5) is 10.5 Å². The van der Waals surface area contributed by atoms with Gasteiger partial charge in [-0.1, -0.05) is 30.3 Å². The largest absolute Gasteiger partial charge is 0.393 e. The summed E-state index contributed by atoms with van der Waals surface area (Å²) in [6.07, 6.45) is 4.34. The summed E-state index contributed by atoms with van der Waals surface area (Å²) in [4.78, 5) is 24.7. The molecule has 6 heteroatoms. The van der Waals surface area contributed by atoms with E-state index in [4.69, 9.17) is 0 Å². The standard InChI is InChI=1S/C19H23N3O3/c23-16-10-8-15(9-11-16)20-19(25)21-17-7-4-12-22(18(17)24)13-14-5-2-1-3-6-14/h1-7,12,15-16,23H,8-11,13H2,(H2,20,21,25). The Morgan fingerprint density at radius 2 is 1.80 bits per heavy atom. The highest BCUT2D eigenvalue weighted by Crippen LogP contribution is 2.18. The number of anilines is 1. The number of hydrogen-bond donors (Lipinski definition) is 3. The third kappa shape index (κ3) is 4.70. The first kappa shape index (κ1) is 17.2. The van der Waals surface area contributed by atoms with Gasteiger partial charge in [0.1, 0.15) is 5.69 Å². The molecule has 1 aliphatic rings. The molecule has 2 amide bonds. The van der Waals surface area contributed by atoms with E-state index in [0.717, 1.165) is 18.4 Å². The fourth-order valence-corrected chi connectivity index (χ4v) is 3.10. The van der Waals surface area contributed by atoms with E-state index < -0.39 is 0 Å². The molecule has 2 aromatic rings. The molecule has 1 aliphatic carbocycles. The van der Waals surface area contributed by atoms with Crippen LogP contribution in [0.15, 0.2) is 53.5 Å². The zero-order chi connectivity index (χ0) is 17.6. The van der Waals surface area contributed by atoms with Crippen molar-refractivity contribution in [2.45, 2.75) is 44.4 Å². The molecule has 0 saturated heterocycles. The normalized spacial score (nSPS) is 20.0. The number of rotatable bonds is 4. The Hall–Kier alpha value is -2.60. The lowest BCUT2D eigenvalue weighted by molar-refractivity contribution is 0.118. The molecule has 1 aromatic carbocycles. The molecule has 0 bridgehead atoms. The van der Waals surface area contributed by atoms with E-state index in [1.807, 2.05) is 30.3 Å². The lowest BCUT2D eigenvalue weighted by atomic mass is 9.93. The van der Waals surface area contributed by atoms with Crippen LogP contribution in [0.5, 0.6) is 0 Å². The average Bonchev–Trinajstić information content (AvgIpc) is 2.61. The van der Waals surface area contributed by atoms with E-state index >= 15 is 0 Å². The van der Waals surface area contributed by atoms with Crippen molar-refractivity contribution in [3.8, 4) is 0 Å². The first-order valence-corrected chi connectivity index (χ1v) is 8.61. The van der Waals surface area contributed by atoms with Crippen molar-refractivity contribution in [1.82, 2.24) is 9.88 Å². The summed E-state index contributed by atoms with van der Waals surface area (Å²) < 4.78 is 1.57. The SMILES string of the molecule is O=C(Nc1cccn(Cc2ccccc2)c1=O)NC1CCC(O)CC1. The van der Waals surface area contributed by atoms with E-state index in [2.05, 4.69) is 10.6 Å². The number of nitrogens with zero attached hydrogens (tertiary/aromatic N) is 1. The molecule has 1 saturated carbocycles. The molecule has 0 spiro atoms. The van der Waals surface area contributed by atoms with Gasteiger partial charge in [-0.15, -0.1) is 0 Å². The molecule has 1 heterocycles. The third-order valence-corrected chi connectivity index (χ3v) is 4.50. The number of urea groups is 1. The van der Waals surface area contributed by atoms with Gasteiger partial charge < -0.3 is 20.3 Å². The predicted molar refractivity (Wildman–Crippen MR) is 96.7 cm³/mol. The number of aromatic nitrogens is 1. The maximum Gasteiger partial charge on any atom is 0.319 e. The quantitative estimate of drug-likeness (QED) is 0.798. The third-order valence-electron chi connectivity index (χ3n) is 4.50. The Balaban J connectivity index is 1.63. The molecular formula is C19H23N3O3. The van der Waals surface area contributed by atoms with E-state index in [0.29, 0.717) is 19.4 Å². The second-order valence-corrected chi connectivity index (χ2v) is 6.44. The first-order chi connectivity index (χ1) is 12.1. The minimum atomic E-state index is -0.379. The summed E-state index contributed by atoms with van der Waals surface area (Å²) in [5.41, 5.74) is 1.04. The van der Waals surface area contributed by atoms with Crippen molar-refractivity contribution >= 4 is 11.7 Å². The van der Waals surface area contributed by atoms with Crippen LogP contribution in [0.25, 0.3) is 0 Å². The zero-order valence-corrected chi connectivity index (χ0v) is 14.0. The maximum absolute atomic E-state index is 12.5. The molecule has 6 nitrogen and oxygen atoms in total. The van der Waals surface area contributed by atoms with Crippen LogP contribution < -0.4 is 16.2 Å². The van der Waals surface area contributed by atoms with Gasteiger partial charge >= 0.3 is 6.03 Å². The summed E-state index contributed by atoms with van der Waals surface area (Å²) in [5.74, 6) is 0. The molecule has 0 radical (unpaired) electrons.